The zero-order valence-corrected chi connectivity index (χ0v) is 15.3. The number of benzene rings is 2. The molecule has 4 rings (SSSR count). The van der Waals surface area contributed by atoms with Crippen molar-refractivity contribution in [3.8, 4) is 0 Å². The average Bonchev–Trinajstić information content (AvgIpc) is 2.69. The molecule has 27 heavy (non-hydrogen) atoms. The monoisotopic (exact) mass is 369 g/mol. The first-order valence-electron chi connectivity index (χ1n) is 9.45. The van der Waals surface area contributed by atoms with Gasteiger partial charge < -0.3 is 19.9 Å². The van der Waals surface area contributed by atoms with E-state index in [2.05, 4.69) is 10.2 Å². The molecule has 0 radical (unpaired) electrons. The molecule has 142 valence electrons. The van der Waals surface area contributed by atoms with Crippen molar-refractivity contribution >= 4 is 23.0 Å². The number of carbonyl (C=O) groups excluding carboxylic acids is 1. The third kappa shape index (κ3) is 4.22. The van der Waals surface area contributed by atoms with Gasteiger partial charge in [-0.1, -0.05) is 0 Å². The van der Waals surface area contributed by atoms with Crippen molar-refractivity contribution in [2.24, 2.45) is 0 Å². The van der Waals surface area contributed by atoms with Crippen molar-refractivity contribution in [1.29, 1.82) is 0 Å². The summed E-state index contributed by atoms with van der Waals surface area (Å²) in [5.41, 5.74) is 3.86. The van der Waals surface area contributed by atoms with E-state index >= 15 is 0 Å². The molecule has 2 aliphatic heterocycles. The fraction of sp³-hybridized carbons (Fsp3) is 0.381. The zero-order valence-electron chi connectivity index (χ0n) is 15.3. The Hall–Kier alpha value is -2.60. The molecule has 0 aliphatic carbocycles. The Balaban J connectivity index is 1.37. The summed E-state index contributed by atoms with van der Waals surface area (Å²) in [5.74, 6) is -0.285. The minimum atomic E-state index is -0.222. The van der Waals surface area contributed by atoms with Gasteiger partial charge in [-0.05, 0) is 60.9 Å². The van der Waals surface area contributed by atoms with Gasteiger partial charge in [0.2, 0.25) is 5.91 Å². The maximum Gasteiger partial charge on any atom is 0.243 e. The summed E-state index contributed by atoms with van der Waals surface area (Å²) in [6.45, 7) is 4.35. The summed E-state index contributed by atoms with van der Waals surface area (Å²) in [5, 5.41) is 2.96. The number of ether oxygens (including phenoxy) is 1. The molecule has 1 fully saturated rings. The standard InChI is InChI=1S/C21H24FN3O2/c22-17-3-8-20-16(14-17)2-1-9-25(20)15-21(26)23-18-4-6-19(7-5-18)24-10-12-27-13-11-24/h3-8,14H,1-2,9-13,15H2,(H,23,26). The van der Waals surface area contributed by atoms with E-state index in [-0.39, 0.29) is 18.3 Å². The maximum absolute atomic E-state index is 13.4. The number of amides is 1. The maximum atomic E-state index is 13.4. The zero-order chi connectivity index (χ0) is 18.6. The first kappa shape index (κ1) is 17.8. The van der Waals surface area contributed by atoms with Gasteiger partial charge in [-0.25, -0.2) is 4.39 Å². The Kier molecular flexibility index (Phi) is 5.25. The van der Waals surface area contributed by atoms with Gasteiger partial charge in [-0.2, -0.15) is 0 Å². The molecule has 1 N–H and O–H groups in total. The first-order valence-corrected chi connectivity index (χ1v) is 9.45. The van der Waals surface area contributed by atoms with Crippen LogP contribution in [-0.2, 0) is 16.0 Å². The number of hydrogen-bond acceptors (Lipinski definition) is 4. The van der Waals surface area contributed by atoms with Gasteiger partial charge in [-0.15, -0.1) is 0 Å². The lowest BCUT2D eigenvalue weighted by Gasteiger charge is -2.31. The molecule has 5 nitrogen and oxygen atoms in total. The van der Waals surface area contributed by atoms with Crippen LogP contribution in [0, 0.1) is 5.82 Å². The molecule has 6 heteroatoms. The lowest BCUT2D eigenvalue weighted by molar-refractivity contribution is -0.115. The van der Waals surface area contributed by atoms with E-state index < -0.39 is 0 Å². The van der Waals surface area contributed by atoms with Crippen molar-refractivity contribution < 1.29 is 13.9 Å². The molecule has 1 amide bonds. The minimum absolute atomic E-state index is 0.0636. The number of aryl methyl sites for hydroxylation is 1. The smallest absolute Gasteiger partial charge is 0.243 e. The fourth-order valence-electron chi connectivity index (χ4n) is 3.76. The van der Waals surface area contributed by atoms with Gasteiger partial charge in [0.1, 0.15) is 5.82 Å². The molecule has 2 aliphatic rings. The molecular formula is C21H24FN3O2. The molecule has 0 saturated carbocycles. The quantitative estimate of drug-likeness (QED) is 0.900. The van der Waals surface area contributed by atoms with E-state index in [4.69, 9.17) is 4.74 Å². The number of hydrogen-bond donors (Lipinski definition) is 1. The number of halogens is 1. The Bertz CT molecular complexity index is 804. The molecular weight excluding hydrogens is 345 g/mol. The molecule has 2 aromatic rings. The number of carbonyl (C=O) groups is 1. The summed E-state index contributed by atoms with van der Waals surface area (Å²) in [6.07, 6.45) is 1.78. The molecule has 0 unspecified atom stereocenters. The third-order valence-corrected chi connectivity index (χ3v) is 5.12. The SMILES string of the molecule is O=C(CN1CCCc2cc(F)ccc21)Nc1ccc(N2CCOCC2)cc1. The first-order chi connectivity index (χ1) is 13.2. The molecule has 0 atom stereocenters. The second-order valence-corrected chi connectivity index (χ2v) is 6.99. The molecule has 0 aromatic heterocycles. The van der Waals surface area contributed by atoms with Crippen LogP contribution in [0.2, 0.25) is 0 Å². The predicted octanol–water partition coefficient (Wildman–Crippen LogP) is 3.05. The van der Waals surface area contributed by atoms with Gasteiger partial charge in [0.05, 0.1) is 19.8 Å². The van der Waals surface area contributed by atoms with E-state index in [1.165, 1.54) is 6.07 Å². The van der Waals surface area contributed by atoms with Crippen LogP contribution in [0.4, 0.5) is 21.5 Å². The number of nitrogens with one attached hydrogen (secondary N) is 1. The molecule has 1 saturated heterocycles. The number of nitrogens with zero attached hydrogens (tertiary/aromatic N) is 2. The van der Waals surface area contributed by atoms with Crippen molar-refractivity contribution in [3.63, 3.8) is 0 Å². The van der Waals surface area contributed by atoms with Crippen LogP contribution >= 0.6 is 0 Å². The van der Waals surface area contributed by atoms with E-state index in [1.54, 1.807) is 12.1 Å². The Labute approximate surface area is 158 Å². The number of morpholine rings is 1. The van der Waals surface area contributed by atoms with Gasteiger partial charge in [0.15, 0.2) is 0 Å². The van der Waals surface area contributed by atoms with E-state index in [0.717, 1.165) is 68.3 Å². The lowest BCUT2D eigenvalue weighted by Crippen LogP contribution is -2.37. The number of rotatable bonds is 4. The van der Waals surface area contributed by atoms with Crippen LogP contribution in [0.5, 0.6) is 0 Å². The summed E-state index contributed by atoms with van der Waals surface area (Å²) in [4.78, 5) is 16.8. The Morgan fingerprint density at radius 2 is 1.85 bits per heavy atom. The van der Waals surface area contributed by atoms with Crippen LogP contribution in [0.15, 0.2) is 42.5 Å². The van der Waals surface area contributed by atoms with Gasteiger partial charge >= 0.3 is 0 Å². The highest BCUT2D eigenvalue weighted by Gasteiger charge is 2.19. The van der Waals surface area contributed by atoms with Crippen LogP contribution < -0.4 is 15.1 Å². The molecule has 0 bridgehead atoms. The topological polar surface area (TPSA) is 44.8 Å². The molecule has 2 aromatic carbocycles. The Morgan fingerprint density at radius 1 is 1.07 bits per heavy atom. The molecule has 2 heterocycles. The average molecular weight is 369 g/mol. The van der Waals surface area contributed by atoms with Crippen LogP contribution in [0.1, 0.15) is 12.0 Å². The summed E-state index contributed by atoms with van der Waals surface area (Å²) in [7, 11) is 0. The Morgan fingerprint density at radius 3 is 2.63 bits per heavy atom. The van der Waals surface area contributed by atoms with Crippen LogP contribution in [-0.4, -0.2) is 45.3 Å². The normalized spacial score (nSPS) is 16.8. The highest BCUT2D eigenvalue weighted by molar-refractivity contribution is 5.94. The van der Waals surface area contributed by atoms with Gasteiger partial charge in [0, 0.05) is 36.7 Å². The number of fused-ring (bicyclic) bond motifs is 1. The van der Waals surface area contributed by atoms with E-state index in [0.29, 0.717) is 0 Å². The van der Waals surface area contributed by atoms with Crippen molar-refractivity contribution in [2.45, 2.75) is 12.8 Å². The van der Waals surface area contributed by atoms with Crippen molar-refractivity contribution in [1.82, 2.24) is 0 Å². The van der Waals surface area contributed by atoms with Crippen molar-refractivity contribution in [2.75, 3.05) is 54.5 Å². The van der Waals surface area contributed by atoms with Crippen LogP contribution in [0.3, 0.4) is 0 Å². The van der Waals surface area contributed by atoms with E-state index in [9.17, 15) is 9.18 Å². The second-order valence-electron chi connectivity index (χ2n) is 6.99. The largest absolute Gasteiger partial charge is 0.378 e. The van der Waals surface area contributed by atoms with Gasteiger partial charge in [-0.3, -0.25) is 4.79 Å². The third-order valence-electron chi connectivity index (χ3n) is 5.12. The second kappa shape index (κ2) is 7.96. The van der Waals surface area contributed by atoms with Crippen molar-refractivity contribution in [3.05, 3.63) is 53.8 Å². The van der Waals surface area contributed by atoms with E-state index in [1.807, 2.05) is 29.2 Å². The summed E-state index contributed by atoms with van der Waals surface area (Å²) >= 11 is 0. The number of anilines is 3. The van der Waals surface area contributed by atoms with Crippen LogP contribution in [0.25, 0.3) is 0 Å². The minimum Gasteiger partial charge on any atom is -0.378 e. The van der Waals surface area contributed by atoms with Gasteiger partial charge in [0.25, 0.3) is 0 Å². The summed E-state index contributed by atoms with van der Waals surface area (Å²) < 4.78 is 18.8. The predicted molar refractivity (Wildman–Crippen MR) is 105 cm³/mol. The molecule has 0 spiro atoms. The summed E-state index contributed by atoms with van der Waals surface area (Å²) in [6, 6.07) is 12.7. The lowest BCUT2D eigenvalue weighted by atomic mass is 10.0. The highest BCUT2D eigenvalue weighted by atomic mass is 19.1. The highest BCUT2D eigenvalue weighted by Crippen LogP contribution is 2.27. The fourth-order valence-corrected chi connectivity index (χ4v) is 3.76.